The number of benzene rings is 1. The van der Waals surface area contributed by atoms with Crippen molar-refractivity contribution in [3.05, 3.63) is 74.9 Å². The van der Waals surface area contributed by atoms with Crippen molar-refractivity contribution >= 4 is 29.2 Å². The Kier molecular flexibility index (Phi) is 9.28. The molecular formula is C23H22Cl2F3N7O3. The Morgan fingerprint density at radius 2 is 1.76 bits per heavy atom. The Morgan fingerprint density at radius 3 is 2.34 bits per heavy atom. The maximum Gasteiger partial charge on any atom is 0.390 e. The maximum atomic E-state index is 13.0. The number of hydrogen-bond donors (Lipinski definition) is 1. The van der Waals surface area contributed by atoms with Gasteiger partial charge < -0.3 is 5.11 Å². The number of aryl methyl sites for hydroxylation is 1. The second kappa shape index (κ2) is 12.2. The molecule has 0 atom stereocenters. The smallest absolute Gasteiger partial charge is 0.390 e. The largest absolute Gasteiger partial charge is 0.481 e. The zero-order valence-corrected chi connectivity index (χ0v) is 21.7. The molecule has 0 radical (unpaired) electrons. The van der Waals surface area contributed by atoms with E-state index in [2.05, 4.69) is 20.2 Å². The molecular weight excluding hydrogens is 550 g/mol. The summed E-state index contributed by atoms with van der Waals surface area (Å²) in [5.74, 6) is 0.0887. The number of rotatable bonds is 7. The van der Waals surface area contributed by atoms with Crippen LogP contribution in [0, 0.1) is 0 Å². The van der Waals surface area contributed by atoms with Gasteiger partial charge in [0.2, 0.25) is 0 Å². The lowest BCUT2D eigenvalue weighted by Crippen LogP contribution is -2.27. The van der Waals surface area contributed by atoms with E-state index in [1.807, 2.05) is 6.92 Å². The van der Waals surface area contributed by atoms with E-state index in [0.29, 0.717) is 33.5 Å². The quantitative estimate of drug-likeness (QED) is 0.342. The molecule has 1 aromatic carbocycles. The molecule has 0 saturated carbocycles. The summed E-state index contributed by atoms with van der Waals surface area (Å²) in [5, 5.41) is 17.0. The molecule has 0 fully saturated rings. The summed E-state index contributed by atoms with van der Waals surface area (Å²) < 4.78 is 42.2. The van der Waals surface area contributed by atoms with Crippen LogP contribution in [0.25, 0.3) is 17.1 Å². The van der Waals surface area contributed by atoms with E-state index < -0.39 is 30.8 Å². The Balaban J connectivity index is 0.000000934. The number of aliphatic carboxylic acids is 1. The zero-order chi connectivity index (χ0) is 28.0. The summed E-state index contributed by atoms with van der Waals surface area (Å²) in [5.41, 5.74) is 0.269. The number of aromatic nitrogens is 7. The molecule has 0 aliphatic carbocycles. The van der Waals surface area contributed by atoms with E-state index >= 15 is 0 Å². The molecule has 38 heavy (non-hydrogen) atoms. The van der Waals surface area contributed by atoms with Crippen molar-refractivity contribution < 1.29 is 23.1 Å². The van der Waals surface area contributed by atoms with Gasteiger partial charge in [-0.15, -0.1) is 10.2 Å². The molecule has 10 nitrogen and oxygen atoms in total. The van der Waals surface area contributed by atoms with Gasteiger partial charge in [0.05, 0.1) is 17.6 Å². The lowest BCUT2D eigenvalue weighted by atomic mass is 10.2. The molecule has 0 unspecified atom stereocenters. The van der Waals surface area contributed by atoms with Crippen LogP contribution in [-0.2, 0) is 24.3 Å². The summed E-state index contributed by atoms with van der Waals surface area (Å²) in [6.45, 7) is 2.25. The predicted octanol–water partition coefficient (Wildman–Crippen LogP) is 4.65. The number of pyridine rings is 1. The van der Waals surface area contributed by atoms with Gasteiger partial charge in [-0.3, -0.25) is 14.3 Å². The molecule has 3 aromatic heterocycles. The van der Waals surface area contributed by atoms with Crippen molar-refractivity contribution in [3.8, 4) is 17.1 Å². The van der Waals surface area contributed by atoms with E-state index in [0.717, 1.165) is 16.2 Å². The molecule has 0 saturated heterocycles. The third-order valence-electron chi connectivity index (χ3n) is 4.95. The van der Waals surface area contributed by atoms with E-state index in [-0.39, 0.29) is 18.2 Å². The highest BCUT2D eigenvalue weighted by molar-refractivity contribution is 6.32. The van der Waals surface area contributed by atoms with Crippen LogP contribution >= 0.6 is 23.2 Å². The van der Waals surface area contributed by atoms with Crippen LogP contribution in [0.15, 0.2) is 47.5 Å². The molecule has 0 bridgehead atoms. The highest BCUT2D eigenvalue weighted by Crippen LogP contribution is 2.24. The summed E-state index contributed by atoms with van der Waals surface area (Å²) >= 11 is 12.2. The van der Waals surface area contributed by atoms with Gasteiger partial charge in [0.15, 0.2) is 11.6 Å². The first-order chi connectivity index (χ1) is 17.9. The second-order valence-electron chi connectivity index (χ2n) is 7.84. The molecule has 4 aromatic rings. The van der Waals surface area contributed by atoms with E-state index in [1.165, 1.54) is 10.9 Å². The third-order valence-corrected chi connectivity index (χ3v) is 5.52. The van der Waals surface area contributed by atoms with Gasteiger partial charge in [-0.05, 0) is 30.3 Å². The molecule has 1 N–H and O–H groups in total. The van der Waals surface area contributed by atoms with Crippen molar-refractivity contribution in [3.63, 3.8) is 0 Å². The highest BCUT2D eigenvalue weighted by atomic mass is 35.5. The Bertz CT molecular complexity index is 1460. The average molecular weight is 572 g/mol. The maximum absolute atomic E-state index is 13.0. The fraction of sp³-hybridized carbons (Fsp3) is 0.304. The minimum atomic E-state index is -4.43. The second-order valence-corrected chi connectivity index (χ2v) is 8.69. The topological polar surface area (TPSA) is 121 Å². The first kappa shape index (κ1) is 28.9. The summed E-state index contributed by atoms with van der Waals surface area (Å²) in [4.78, 5) is 30.5. The van der Waals surface area contributed by atoms with Crippen LogP contribution in [0.3, 0.4) is 0 Å². The number of alkyl halides is 3. The van der Waals surface area contributed by atoms with Crippen LogP contribution in [0.4, 0.5) is 13.2 Å². The van der Waals surface area contributed by atoms with Crippen LogP contribution in [0.5, 0.6) is 0 Å². The summed E-state index contributed by atoms with van der Waals surface area (Å²) in [6, 6.07) is 7.94. The van der Waals surface area contributed by atoms with Gasteiger partial charge in [0.1, 0.15) is 18.1 Å². The normalized spacial score (nSPS) is 11.2. The summed E-state index contributed by atoms with van der Waals surface area (Å²) in [7, 11) is 0. The lowest BCUT2D eigenvalue weighted by molar-refractivity contribution is -0.137. The fourth-order valence-corrected chi connectivity index (χ4v) is 3.65. The van der Waals surface area contributed by atoms with E-state index in [1.54, 1.807) is 36.5 Å². The van der Waals surface area contributed by atoms with E-state index in [4.69, 9.17) is 33.1 Å². The van der Waals surface area contributed by atoms with Crippen molar-refractivity contribution in [2.45, 2.75) is 46.0 Å². The van der Waals surface area contributed by atoms with Crippen molar-refractivity contribution in [1.29, 1.82) is 0 Å². The standard InChI is InChI=1S/C21H18Cl2F3N7O.C2H4O2/c1-2-18-28-17(29-33(18)16-11-27-9-7-15(16)23)12-32-20(34)31(10-8-21(24,25)26)19(30-32)13-3-5-14(22)6-4-13;1-2(3)4/h3-7,9,11H,2,8,10,12H2,1H3;1H3,(H,3,4). The Morgan fingerprint density at radius 1 is 1.11 bits per heavy atom. The molecule has 0 spiro atoms. The molecule has 0 aliphatic heterocycles. The van der Waals surface area contributed by atoms with Crippen molar-refractivity contribution in [2.24, 2.45) is 0 Å². The van der Waals surface area contributed by atoms with Gasteiger partial charge in [-0.2, -0.15) is 13.2 Å². The van der Waals surface area contributed by atoms with Crippen molar-refractivity contribution in [2.75, 3.05) is 0 Å². The first-order valence-electron chi connectivity index (χ1n) is 11.1. The Labute approximate surface area is 224 Å². The van der Waals surface area contributed by atoms with Crippen LogP contribution < -0.4 is 5.69 Å². The number of nitrogens with zero attached hydrogens (tertiary/aromatic N) is 7. The summed E-state index contributed by atoms with van der Waals surface area (Å²) in [6.07, 6.45) is -2.01. The third kappa shape index (κ3) is 7.42. The van der Waals surface area contributed by atoms with E-state index in [9.17, 15) is 18.0 Å². The molecule has 0 amide bonds. The monoisotopic (exact) mass is 571 g/mol. The molecule has 4 rings (SSSR count). The highest BCUT2D eigenvalue weighted by Gasteiger charge is 2.28. The number of hydrogen-bond acceptors (Lipinski definition) is 6. The number of carboxylic acid groups (broad SMARTS) is 1. The van der Waals surface area contributed by atoms with Crippen molar-refractivity contribution in [1.82, 2.24) is 34.1 Å². The number of halogens is 5. The average Bonchev–Trinajstić information content (AvgIpc) is 3.38. The number of carbonyl (C=O) groups is 1. The number of carboxylic acids is 1. The fourth-order valence-electron chi connectivity index (χ4n) is 3.34. The van der Waals surface area contributed by atoms with Gasteiger partial charge in [0, 0.05) is 36.7 Å². The molecule has 202 valence electrons. The SMILES string of the molecule is CC(=O)O.CCc1nc(Cn2nc(-c3ccc(Cl)cc3)n(CCC(F)(F)F)c2=O)nn1-c1cnccc1Cl. The van der Waals surface area contributed by atoms with Gasteiger partial charge in [-0.1, -0.05) is 30.1 Å². The molecule has 0 aliphatic rings. The molecule has 3 heterocycles. The lowest BCUT2D eigenvalue weighted by Gasteiger charge is -2.08. The van der Waals surface area contributed by atoms with Crippen LogP contribution in [0.1, 0.15) is 31.9 Å². The Hall–Kier alpha value is -3.71. The minimum Gasteiger partial charge on any atom is -0.481 e. The molecule has 15 heteroatoms. The minimum absolute atomic E-state index is 0.0939. The van der Waals surface area contributed by atoms with Gasteiger partial charge in [-0.25, -0.2) is 19.1 Å². The van der Waals surface area contributed by atoms with Gasteiger partial charge >= 0.3 is 11.9 Å². The van der Waals surface area contributed by atoms with Crippen LogP contribution in [-0.4, -0.2) is 51.3 Å². The van der Waals surface area contributed by atoms with Crippen LogP contribution in [0.2, 0.25) is 10.0 Å². The predicted molar refractivity (Wildman–Crippen MR) is 134 cm³/mol. The van der Waals surface area contributed by atoms with Gasteiger partial charge in [0.25, 0.3) is 5.97 Å². The zero-order valence-electron chi connectivity index (χ0n) is 20.2. The first-order valence-corrected chi connectivity index (χ1v) is 11.9.